The smallest absolute Gasteiger partial charge is 0.305 e. The maximum absolute atomic E-state index is 10.8. The minimum Gasteiger partial charge on any atom is -0.481 e. The Balaban J connectivity index is 1.99. The molecule has 3 nitrogen and oxygen atoms in total. The number of thiophene rings is 1. The van der Waals surface area contributed by atoms with Gasteiger partial charge < -0.3 is 10.4 Å². The molecule has 2 atom stereocenters. The first-order valence-corrected chi connectivity index (χ1v) is 6.56. The Bertz CT molecular complexity index is 346. The van der Waals surface area contributed by atoms with E-state index in [0.29, 0.717) is 6.04 Å². The third-order valence-electron chi connectivity index (χ3n) is 3.06. The van der Waals surface area contributed by atoms with E-state index < -0.39 is 5.97 Å². The van der Waals surface area contributed by atoms with Gasteiger partial charge in [0, 0.05) is 10.9 Å². The zero-order valence-corrected chi connectivity index (χ0v) is 10.2. The molecule has 1 aromatic heterocycles. The normalized spacial score (nSPS) is 19.3. The van der Waals surface area contributed by atoms with Crippen LogP contribution in [0.3, 0.4) is 0 Å². The van der Waals surface area contributed by atoms with Crippen LogP contribution in [0.25, 0.3) is 0 Å². The van der Waals surface area contributed by atoms with E-state index in [1.54, 1.807) is 11.3 Å². The number of hydrogen-bond acceptors (Lipinski definition) is 3. The first-order valence-electron chi connectivity index (χ1n) is 5.68. The molecule has 2 unspecified atom stereocenters. The van der Waals surface area contributed by atoms with Crippen molar-refractivity contribution in [3.8, 4) is 0 Å². The number of hydrogen-bond donors (Lipinski definition) is 2. The van der Waals surface area contributed by atoms with Crippen LogP contribution in [0.1, 0.15) is 37.1 Å². The van der Waals surface area contributed by atoms with E-state index in [2.05, 4.69) is 12.2 Å². The van der Waals surface area contributed by atoms with Crippen LogP contribution in [0.4, 0.5) is 0 Å². The van der Waals surface area contributed by atoms with Crippen molar-refractivity contribution in [2.75, 3.05) is 0 Å². The van der Waals surface area contributed by atoms with Gasteiger partial charge in [-0.05, 0) is 37.1 Å². The van der Waals surface area contributed by atoms with Crippen LogP contribution in [0.5, 0.6) is 0 Å². The average molecular weight is 239 g/mol. The topological polar surface area (TPSA) is 49.3 Å². The van der Waals surface area contributed by atoms with Gasteiger partial charge >= 0.3 is 5.97 Å². The number of carboxylic acids is 1. The predicted octanol–water partition coefficient (Wildman–Crippen LogP) is 2.65. The second-order valence-electron chi connectivity index (χ2n) is 4.46. The number of nitrogens with one attached hydrogen (secondary N) is 1. The lowest BCUT2D eigenvalue weighted by atomic mass is 10.1. The molecule has 1 aliphatic rings. The molecule has 0 bridgehead atoms. The van der Waals surface area contributed by atoms with Crippen LogP contribution in [-0.2, 0) is 4.79 Å². The lowest BCUT2D eigenvalue weighted by Crippen LogP contribution is -2.33. The maximum Gasteiger partial charge on any atom is 0.305 e. The number of aliphatic carboxylic acids is 1. The van der Waals surface area contributed by atoms with E-state index in [1.807, 2.05) is 17.5 Å². The van der Waals surface area contributed by atoms with Gasteiger partial charge in [-0.1, -0.05) is 6.07 Å². The summed E-state index contributed by atoms with van der Waals surface area (Å²) in [5.74, 6) is 0.00477. The SMILES string of the molecule is CC(NC(CC(=O)O)c1cccs1)C1CC1. The molecule has 1 aliphatic carbocycles. The summed E-state index contributed by atoms with van der Waals surface area (Å²) in [5.41, 5.74) is 0. The summed E-state index contributed by atoms with van der Waals surface area (Å²) in [4.78, 5) is 12.0. The summed E-state index contributed by atoms with van der Waals surface area (Å²) < 4.78 is 0. The van der Waals surface area contributed by atoms with Crippen molar-refractivity contribution in [2.24, 2.45) is 5.92 Å². The van der Waals surface area contributed by atoms with Gasteiger partial charge in [-0.3, -0.25) is 4.79 Å². The Morgan fingerprint density at radius 2 is 2.44 bits per heavy atom. The molecule has 1 heterocycles. The Kier molecular flexibility index (Phi) is 3.61. The van der Waals surface area contributed by atoms with Crippen molar-refractivity contribution >= 4 is 17.3 Å². The monoisotopic (exact) mass is 239 g/mol. The molecule has 88 valence electrons. The molecule has 0 saturated heterocycles. The first kappa shape index (κ1) is 11.6. The van der Waals surface area contributed by atoms with Gasteiger partial charge in [0.1, 0.15) is 0 Å². The molecule has 2 N–H and O–H groups in total. The van der Waals surface area contributed by atoms with Gasteiger partial charge in [-0.2, -0.15) is 0 Å². The van der Waals surface area contributed by atoms with Crippen LogP contribution in [0.2, 0.25) is 0 Å². The predicted molar refractivity (Wildman–Crippen MR) is 64.6 cm³/mol. The van der Waals surface area contributed by atoms with Crippen LogP contribution in [0, 0.1) is 5.92 Å². The Hall–Kier alpha value is -0.870. The summed E-state index contributed by atoms with van der Waals surface area (Å²) >= 11 is 1.62. The van der Waals surface area contributed by atoms with Gasteiger partial charge in [-0.25, -0.2) is 0 Å². The molecule has 0 aromatic carbocycles. The van der Waals surface area contributed by atoms with E-state index in [1.165, 1.54) is 12.8 Å². The minimum atomic E-state index is -0.742. The fourth-order valence-corrected chi connectivity index (χ4v) is 2.74. The number of carboxylic acid groups (broad SMARTS) is 1. The van der Waals surface area contributed by atoms with Gasteiger partial charge in [0.05, 0.1) is 12.5 Å². The zero-order chi connectivity index (χ0) is 11.5. The van der Waals surface area contributed by atoms with Crippen molar-refractivity contribution in [2.45, 2.75) is 38.3 Å². The molecule has 0 aliphatic heterocycles. The maximum atomic E-state index is 10.8. The molecule has 16 heavy (non-hydrogen) atoms. The van der Waals surface area contributed by atoms with Crippen molar-refractivity contribution in [1.82, 2.24) is 5.32 Å². The summed E-state index contributed by atoms with van der Waals surface area (Å²) in [6.45, 7) is 2.15. The Morgan fingerprint density at radius 1 is 1.69 bits per heavy atom. The van der Waals surface area contributed by atoms with Crippen molar-refractivity contribution in [3.05, 3.63) is 22.4 Å². The number of carbonyl (C=O) groups is 1. The van der Waals surface area contributed by atoms with Gasteiger partial charge in [0.2, 0.25) is 0 Å². The summed E-state index contributed by atoms with van der Waals surface area (Å²) in [7, 11) is 0. The lowest BCUT2D eigenvalue weighted by Gasteiger charge is -2.21. The van der Waals surface area contributed by atoms with Crippen LogP contribution < -0.4 is 5.32 Å². The average Bonchev–Trinajstić information content (AvgIpc) is 2.92. The van der Waals surface area contributed by atoms with E-state index in [9.17, 15) is 4.79 Å². The Labute approximate surface area is 99.5 Å². The van der Waals surface area contributed by atoms with Gasteiger partial charge in [0.15, 0.2) is 0 Å². The first-order chi connectivity index (χ1) is 7.66. The highest BCUT2D eigenvalue weighted by Crippen LogP contribution is 2.34. The van der Waals surface area contributed by atoms with E-state index in [4.69, 9.17) is 5.11 Å². The zero-order valence-electron chi connectivity index (χ0n) is 9.35. The second kappa shape index (κ2) is 4.97. The summed E-state index contributed by atoms with van der Waals surface area (Å²) in [5, 5.41) is 14.4. The fraction of sp³-hybridized carbons (Fsp3) is 0.583. The highest BCUT2D eigenvalue weighted by molar-refractivity contribution is 7.10. The largest absolute Gasteiger partial charge is 0.481 e. The van der Waals surface area contributed by atoms with Crippen molar-refractivity contribution in [3.63, 3.8) is 0 Å². The minimum absolute atomic E-state index is 0.0342. The lowest BCUT2D eigenvalue weighted by molar-refractivity contribution is -0.137. The highest BCUT2D eigenvalue weighted by Gasteiger charge is 2.30. The van der Waals surface area contributed by atoms with Crippen LogP contribution >= 0.6 is 11.3 Å². The second-order valence-corrected chi connectivity index (χ2v) is 5.44. The molecule has 0 amide bonds. The molecule has 1 aromatic rings. The summed E-state index contributed by atoms with van der Waals surface area (Å²) in [6.07, 6.45) is 2.72. The van der Waals surface area contributed by atoms with Gasteiger partial charge in [-0.15, -0.1) is 11.3 Å². The molecule has 0 spiro atoms. The van der Waals surface area contributed by atoms with E-state index in [0.717, 1.165) is 10.8 Å². The molecular weight excluding hydrogens is 222 g/mol. The Morgan fingerprint density at radius 3 is 2.94 bits per heavy atom. The van der Waals surface area contributed by atoms with E-state index >= 15 is 0 Å². The fourth-order valence-electron chi connectivity index (χ4n) is 1.96. The van der Waals surface area contributed by atoms with Crippen molar-refractivity contribution in [1.29, 1.82) is 0 Å². The third kappa shape index (κ3) is 3.06. The molecule has 1 fully saturated rings. The quantitative estimate of drug-likeness (QED) is 0.802. The molecule has 0 radical (unpaired) electrons. The van der Waals surface area contributed by atoms with Crippen LogP contribution in [0.15, 0.2) is 17.5 Å². The standard InChI is InChI=1S/C12H17NO2S/c1-8(9-4-5-9)13-10(7-12(14)15)11-3-2-6-16-11/h2-3,6,8-10,13H,4-5,7H2,1H3,(H,14,15). The van der Waals surface area contributed by atoms with Crippen molar-refractivity contribution < 1.29 is 9.90 Å². The molecular formula is C12H17NO2S. The molecule has 2 rings (SSSR count). The highest BCUT2D eigenvalue weighted by atomic mass is 32.1. The number of rotatable bonds is 6. The summed E-state index contributed by atoms with van der Waals surface area (Å²) in [6, 6.07) is 4.36. The van der Waals surface area contributed by atoms with Gasteiger partial charge in [0.25, 0.3) is 0 Å². The van der Waals surface area contributed by atoms with E-state index in [-0.39, 0.29) is 12.5 Å². The molecule has 1 saturated carbocycles. The van der Waals surface area contributed by atoms with Crippen LogP contribution in [-0.4, -0.2) is 17.1 Å². The third-order valence-corrected chi connectivity index (χ3v) is 4.04. The molecule has 4 heteroatoms.